The predicted octanol–water partition coefficient (Wildman–Crippen LogP) is 5.43. The molecule has 4 rings (SSSR count). The average Bonchev–Trinajstić information content (AvgIpc) is 2.80. The number of aromatic nitrogens is 2. The molecular weight excluding hydrogens is 379 g/mol. The minimum Gasteiger partial charge on any atom is -0.339 e. The van der Waals surface area contributed by atoms with E-state index in [2.05, 4.69) is 15.5 Å². The van der Waals surface area contributed by atoms with Crippen molar-refractivity contribution in [3.05, 3.63) is 72.0 Å². The molecule has 0 radical (unpaired) electrons. The molecule has 0 bridgehead atoms. The van der Waals surface area contributed by atoms with Gasteiger partial charge in [0.15, 0.2) is 5.82 Å². The van der Waals surface area contributed by atoms with E-state index in [1.807, 2.05) is 48.3 Å². The fraction of sp³-hybridized carbons (Fsp3) is 0.292. The van der Waals surface area contributed by atoms with E-state index in [1.54, 1.807) is 12.1 Å². The van der Waals surface area contributed by atoms with Crippen molar-refractivity contribution >= 4 is 17.4 Å². The van der Waals surface area contributed by atoms with Crippen LogP contribution < -0.4 is 5.32 Å². The molecule has 154 valence electrons. The maximum atomic E-state index is 13.1. The predicted molar refractivity (Wildman–Crippen MR) is 116 cm³/mol. The van der Waals surface area contributed by atoms with Gasteiger partial charge in [0.2, 0.25) is 0 Å². The van der Waals surface area contributed by atoms with Gasteiger partial charge in [0.05, 0.1) is 5.69 Å². The van der Waals surface area contributed by atoms with E-state index in [0.717, 1.165) is 24.1 Å². The maximum Gasteiger partial charge on any atom is 0.253 e. The lowest BCUT2D eigenvalue weighted by Gasteiger charge is -2.31. The molecule has 5 nitrogen and oxygen atoms in total. The van der Waals surface area contributed by atoms with Gasteiger partial charge < -0.3 is 10.2 Å². The van der Waals surface area contributed by atoms with Crippen LogP contribution >= 0.6 is 0 Å². The highest BCUT2D eigenvalue weighted by atomic mass is 19.1. The first-order valence-electron chi connectivity index (χ1n) is 10.3. The van der Waals surface area contributed by atoms with E-state index in [1.165, 1.54) is 31.4 Å². The molecule has 1 aliphatic carbocycles. The molecular formula is C24H25FN4O. The van der Waals surface area contributed by atoms with Gasteiger partial charge in [-0.3, -0.25) is 4.79 Å². The Kier molecular flexibility index (Phi) is 6.02. The van der Waals surface area contributed by atoms with Crippen molar-refractivity contribution in [1.29, 1.82) is 0 Å². The van der Waals surface area contributed by atoms with Gasteiger partial charge in [-0.25, -0.2) is 4.39 Å². The number of hydrogen-bond acceptors (Lipinski definition) is 4. The number of nitrogens with one attached hydrogen (secondary N) is 1. The minimum atomic E-state index is -0.281. The quantitative estimate of drug-likeness (QED) is 0.616. The van der Waals surface area contributed by atoms with Crippen LogP contribution in [0.2, 0.25) is 0 Å². The molecule has 1 N–H and O–H groups in total. The molecule has 30 heavy (non-hydrogen) atoms. The zero-order valence-corrected chi connectivity index (χ0v) is 17.0. The Hall–Kier alpha value is -3.28. The highest BCUT2D eigenvalue weighted by Gasteiger charge is 2.22. The third-order valence-corrected chi connectivity index (χ3v) is 5.65. The van der Waals surface area contributed by atoms with E-state index in [9.17, 15) is 9.18 Å². The van der Waals surface area contributed by atoms with Crippen LogP contribution in [0.1, 0.15) is 42.5 Å². The topological polar surface area (TPSA) is 58.1 Å². The van der Waals surface area contributed by atoms with Crippen molar-refractivity contribution in [2.75, 3.05) is 12.4 Å². The first kappa shape index (κ1) is 20.0. The summed E-state index contributed by atoms with van der Waals surface area (Å²) in [4.78, 5) is 14.7. The van der Waals surface area contributed by atoms with Gasteiger partial charge in [0, 0.05) is 29.9 Å². The highest BCUT2D eigenvalue weighted by molar-refractivity contribution is 5.94. The smallest absolute Gasteiger partial charge is 0.253 e. The maximum absolute atomic E-state index is 13.1. The largest absolute Gasteiger partial charge is 0.339 e. The van der Waals surface area contributed by atoms with Gasteiger partial charge in [-0.05, 0) is 73.5 Å². The number of carbonyl (C=O) groups is 1. The van der Waals surface area contributed by atoms with E-state index in [0.29, 0.717) is 23.1 Å². The highest BCUT2D eigenvalue weighted by Crippen LogP contribution is 2.24. The molecule has 0 atom stereocenters. The molecule has 1 heterocycles. The molecule has 0 unspecified atom stereocenters. The van der Waals surface area contributed by atoms with Gasteiger partial charge in [0.1, 0.15) is 5.82 Å². The normalized spacial score (nSPS) is 14.3. The Morgan fingerprint density at radius 2 is 1.63 bits per heavy atom. The summed E-state index contributed by atoms with van der Waals surface area (Å²) in [5, 5.41) is 11.6. The summed E-state index contributed by atoms with van der Waals surface area (Å²) >= 11 is 0. The van der Waals surface area contributed by atoms with Gasteiger partial charge in [0.25, 0.3) is 5.91 Å². The lowest BCUT2D eigenvalue weighted by atomic mass is 9.94. The van der Waals surface area contributed by atoms with E-state index >= 15 is 0 Å². The average molecular weight is 404 g/mol. The monoisotopic (exact) mass is 404 g/mol. The lowest BCUT2D eigenvalue weighted by Crippen LogP contribution is -2.38. The summed E-state index contributed by atoms with van der Waals surface area (Å²) in [5.41, 5.74) is 3.00. The second-order valence-electron chi connectivity index (χ2n) is 7.72. The zero-order valence-electron chi connectivity index (χ0n) is 17.0. The first-order valence-corrected chi connectivity index (χ1v) is 10.3. The second kappa shape index (κ2) is 9.03. The Bertz CT molecular complexity index is 981. The van der Waals surface area contributed by atoms with Gasteiger partial charge >= 0.3 is 0 Å². The fourth-order valence-corrected chi connectivity index (χ4v) is 3.86. The summed E-state index contributed by atoms with van der Waals surface area (Å²) in [6.45, 7) is 0. The van der Waals surface area contributed by atoms with E-state index in [4.69, 9.17) is 0 Å². The Balaban J connectivity index is 1.39. The number of amides is 1. The number of carbonyl (C=O) groups excluding carboxylic acids is 1. The van der Waals surface area contributed by atoms with Crippen molar-refractivity contribution in [1.82, 2.24) is 15.1 Å². The molecule has 6 heteroatoms. The number of nitrogens with zero attached hydrogens (tertiary/aromatic N) is 3. The van der Waals surface area contributed by atoms with Crippen LogP contribution in [0.15, 0.2) is 60.7 Å². The van der Waals surface area contributed by atoms with Crippen molar-refractivity contribution in [2.45, 2.75) is 38.1 Å². The molecule has 2 aromatic carbocycles. The fourth-order valence-electron chi connectivity index (χ4n) is 3.86. The van der Waals surface area contributed by atoms with Gasteiger partial charge in [-0.15, -0.1) is 10.2 Å². The zero-order chi connectivity index (χ0) is 20.9. The van der Waals surface area contributed by atoms with Crippen molar-refractivity contribution in [3.8, 4) is 11.3 Å². The van der Waals surface area contributed by atoms with Crippen LogP contribution in [0.25, 0.3) is 11.3 Å². The number of halogens is 1. The molecule has 1 aliphatic rings. The number of hydrogen-bond donors (Lipinski definition) is 1. The molecule has 3 aromatic rings. The van der Waals surface area contributed by atoms with Crippen molar-refractivity contribution in [2.24, 2.45) is 0 Å². The number of rotatable bonds is 5. The minimum absolute atomic E-state index is 0.0666. The standard InChI is InChI=1S/C24H25FN4O/c1-29(21-5-3-2-4-6-21)24(30)18-9-13-20(14-10-18)26-23-16-15-22(27-28-23)17-7-11-19(25)12-8-17/h7-16,21H,2-6H2,1H3,(H,26,28). The van der Waals surface area contributed by atoms with Crippen LogP contribution in [0.3, 0.4) is 0 Å². The van der Waals surface area contributed by atoms with Gasteiger partial charge in [-0.1, -0.05) is 19.3 Å². The molecule has 1 saturated carbocycles. The molecule has 0 saturated heterocycles. The molecule has 1 amide bonds. The van der Waals surface area contributed by atoms with Crippen LogP contribution in [0.5, 0.6) is 0 Å². The third kappa shape index (κ3) is 4.64. The summed E-state index contributed by atoms with van der Waals surface area (Å²) in [6, 6.07) is 17.6. The summed E-state index contributed by atoms with van der Waals surface area (Å²) < 4.78 is 13.1. The van der Waals surface area contributed by atoms with Crippen LogP contribution in [0.4, 0.5) is 15.9 Å². The molecule has 0 spiro atoms. The molecule has 1 aromatic heterocycles. The first-order chi connectivity index (χ1) is 14.6. The number of anilines is 2. The number of benzene rings is 2. The molecule has 1 fully saturated rings. The van der Waals surface area contributed by atoms with E-state index < -0.39 is 0 Å². The van der Waals surface area contributed by atoms with E-state index in [-0.39, 0.29) is 11.7 Å². The Labute approximate surface area is 176 Å². The van der Waals surface area contributed by atoms with Crippen LogP contribution in [0, 0.1) is 5.82 Å². The van der Waals surface area contributed by atoms with Crippen molar-refractivity contribution in [3.63, 3.8) is 0 Å². The summed E-state index contributed by atoms with van der Waals surface area (Å²) in [7, 11) is 1.91. The SMILES string of the molecule is CN(C(=O)c1ccc(Nc2ccc(-c3ccc(F)cc3)nn2)cc1)C1CCCCC1. The Morgan fingerprint density at radius 1 is 0.933 bits per heavy atom. The summed E-state index contributed by atoms with van der Waals surface area (Å²) in [5.74, 6) is 0.382. The van der Waals surface area contributed by atoms with Gasteiger partial charge in [-0.2, -0.15) is 0 Å². The Morgan fingerprint density at radius 3 is 2.27 bits per heavy atom. The molecule has 0 aliphatic heterocycles. The second-order valence-corrected chi connectivity index (χ2v) is 7.72. The van der Waals surface area contributed by atoms with Crippen LogP contribution in [-0.2, 0) is 0 Å². The van der Waals surface area contributed by atoms with Crippen LogP contribution in [-0.4, -0.2) is 34.1 Å². The summed E-state index contributed by atoms with van der Waals surface area (Å²) in [6.07, 6.45) is 5.86. The lowest BCUT2D eigenvalue weighted by molar-refractivity contribution is 0.0696. The third-order valence-electron chi connectivity index (χ3n) is 5.65. The van der Waals surface area contributed by atoms with Crippen molar-refractivity contribution < 1.29 is 9.18 Å².